The van der Waals surface area contributed by atoms with Crippen LogP contribution >= 0.6 is 15.9 Å². The average Bonchev–Trinajstić information content (AvgIpc) is 3.07. The van der Waals surface area contributed by atoms with Crippen LogP contribution in [-0.4, -0.2) is 52.9 Å². The van der Waals surface area contributed by atoms with Crippen molar-refractivity contribution < 1.29 is 4.79 Å². The monoisotopic (exact) mass is 460 g/mol. The molecule has 3 atom stereocenters. The van der Waals surface area contributed by atoms with Gasteiger partial charge in [0.1, 0.15) is 5.69 Å². The number of amides is 1. The Labute approximate surface area is 180 Å². The summed E-state index contributed by atoms with van der Waals surface area (Å²) in [6.45, 7) is 5.96. The zero-order valence-corrected chi connectivity index (χ0v) is 18.6. The Hall–Kier alpha value is -1.77. The maximum atomic E-state index is 13.0. The molecule has 0 radical (unpaired) electrons. The summed E-state index contributed by atoms with van der Waals surface area (Å²) in [4.78, 5) is 17.6. The molecule has 4 heterocycles. The summed E-state index contributed by atoms with van der Waals surface area (Å²) in [5.41, 5.74) is 3.22. The van der Waals surface area contributed by atoms with E-state index >= 15 is 0 Å². The van der Waals surface area contributed by atoms with Gasteiger partial charge < -0.3 is 16.0 Å². The second-order valence-corrected chi connectivity index (χ2v) is 8.99. The van der Waals surface area contributed by atoms with Crippen molar-refractivity contribution in [2.75, 3.05) is 26.2 Å². The fourth-order valence-corrected chi connectivity index (χ4v) is 5.30. The lowest BCUT2D eigenvalue weighted by Crippen LogP contribution is -2.55. The van der Waals surface area contributed by atoms with Crippen molar-refractivity contribution >= 4 is 21.8 Å². The number of piperidine rings is 2. The SMILES string of the molecule is Cc1nc(C(=O)N[C@H]2CNCCC2C2CCCNC2)ccc1-c1c(Br)cnn1C. The Balaban J connectivity index is 1.49. The molecule has 0 aliphatic carbocycles. The molecule has 2 aliphatic rings. The molecule has 4 rings (SSSR count). The number of nitrogens with zero attached hydrogens (tertiary/aromatic N) is 3. The van der Waals surface area contributed by atoms with Crippen molar-refractivity contribution in [1.29, 1.82) is 0 Å². The van der Waals surface area contributed by atoms with Crippen LogP contribution in [0.15, 0.2) is 22.8 Å². The maximum absolute atomic E-state index is 13.0. The number of pyridine rings is 1. The molecule has 0 saturated carbocycles. The molecule has 156 valence electrons. The first-order valence-corrected chi connectivity index (χ1v) is 11.2. The third-order valence-corrected chi connectivity index (χ3v) is 6.84. The Kier molecular flexibility index (Phi) is 6.32. The molecule has 0 spiro atoms. The minimum atomic E-state index is -0.0915. The Morgan fingerprint density at radius 1 is 1.24 bits per heavy atom. The van der Waals surface area contributed by atoms with E-state index in [2.05, 4.69) is 42.0 Å². The van der Waals surface area contributed by atoms with E-state index in [4.69, 9.17) is 0 Å². The van der Waals surface area contributed by atoms with Crippen LogP contribution < -0.4 is 16.0 Å². The summed E-state index contributed by atoms with van der Waals surface area (Å²) < 4.78 is 2.73. The van der Waals surface area contributed by atoms with Gasteiger partial charge in [-0.25, -0.2) is 4.98 Å². The highest BCUT2D eigenvalue weighted by Gasteiger charge is 2.33. The first-order valence-electron chi connectivity index (χ1n) is 10.4. The number of rotatable bonds is 4. The lowest BCUT2D eigenvalue weighted by Gasteiger charge is -2.39. The third-order valence-electron chi connectivity index (χ3n) is 6.26. The predicted molar refractivity (Wildman–Crippen MR) is 117 cm³/mol. The Bertz CT molecular complexity index is 857. The lowest BCUT2D eigenvalue weighted by atomic mass is 9.77. The van der Waals surface area contributed by atoms with Gasteiger partial charge in [0, 0.05) is 30.9 Å². The number of halogens is 1. The van der Waals surface area contributed by atoms with E-state index in [1.54, 1.807) is 6.20 Å². The number of aromatic nitrogens is 3. The smallest absolute Gasteiger partial charge is 0.270 e. The van der Waals surface area contributed by atoms with Gasteiger partial charge in [-0.15, -0.1) is 0 Å². The van der Waals surface area contributed by atoms with E-state index in [-0.39, 0.29) is 11.9 Å². The van der Waals surface area contributed by atoms with Gasteiger partial charge in [0.05, 0.1) is 16.4 Å². The molecule has 2 aromatic heterocycles. The van der Waals surface area contributed by atoms with Crippen LogP contribution in [0, 0.1) is 18.8 Å². The second kappa shape index (κ2) is 8.93. The van der Waals surface area contributed by atoms with Crippen molar-refractivity contribution in [3.8, 4) is 11.3 Å². The van der Waals surface area contributed by atoms with Crippen molar-refractivity contribution in [2.45, 2.75) is 32.2 Å². The molecule has 29 heavy (non-hydrogen) atoms. The molecule has 2 aromatic rings. The molecule has 2 aliphatic heterocycles. The van der Waals surface area contributed by atoms with Crippen LogP contribution in [0.25, 0.3) is 11.3 Å². The molecule has 7 nitrogen and oxygen atoms in total. The van der Waals surface area contributed by atoms with Crippen molar-refractivity contribution in [3.63, 3.8) is 0 Å². The van der Waals surface area contributed by atoms with E-state index in [1.807, 2.05) is 30.8 Å². The summed E-state index contributed by atoms with van der Waals surface area (Å²) in [5.74, 6) is 1.06. The number of nitrogens with one attached hydrogen (secondary N) is 3. The van der Waals surface area contributed by atoms with Crippen molar-refractivity contribution in [1.82, 2.24) is 30.7 Å². The second-order valence-electron chi connectivity index (χ2n) is 8.14. The minimum absolute atomic E-state index is 0.0915. The number of hydrogen-bond donors (Lipinski definition) is 3. The fourth-order valence-electron chi connectivity index (χ4n) is 4.74. The highest BCUT2D eigenvalue weighted by atomic mass is 79.9. The molecular formula is C21H29BrN6O. The van der Waals surface area contributed by atoms with E-state index < -0.39 is 0 Å². The average molecular weight is 461 g/mol. The van der Waals surface area contributed by atoms with Crippen LogP contribution in [0.2, 0.25) is 0 Å². The number of hydrogen-bond acceptors (Lipinski definition) is 5. The summed E-state index contributed by atoms with van der Waals surface area (Å²) in [7, 11) is 1.90. The first-order chi connectivity index (χ1) is 14.0. The lowest BCUT2D eigenvalue weighted by molar-refractivity contribution is 0.0873. The van der Waals surface area contributed by atoms with Crippen molar-refractivity contribution in [3.05, 3.63) is 34.2 Å². The summed E-state index contributed by atoms with van der Waals surface area (Å²) >= 11 is 3.54. The molecule has 1 amide bonds. The maximum Gasteiger partial charge on any atom is 0.270 e. The van der Waals surface area contributed by atoms with Gasteiger partial charge in [-0.05, 0) is 85.7 Å². The van der Waals surface area contributed by atoms with Gasteiger partial charge in [0.25, 0.3) is 5.91 Å². The Morgan fingerprint density at radius 3 is 2.76 bits per heavy atom. The number of carbonyl (C=O) groups is 1. The Morgan fingerprint density at radius 2 is 2.07 bits per heavy atom. The van der Waals surface area contributed by atoms with Gasteiger partial charge in [-0.2, -0.15) is 5.10 Å². The van der Waals surface area contributed by atoms with Crippen LogP contribution in [0.1, 0.15) is 35.4 Å². The van der Waals surface area contributed by atoms with E-state index in [9.17, 15) is 4.79 Å². The number of aryl methyl sites for hydroxylation is 2. The standard InChI is InChI=1S/C21H29BrN6O/c1-13-15(20-17(22)11-25-28(20)2)5-6-18(26-13)21(29)27-19-12-24-9-7-16(19)14-4-3-8-23-10-14/h5-6,11,14,16,19,23-24H,3-4,7-10,12H2,1-2H3,(H,27,29)/t14?,16?,19-/m0/s1. The molecular weight excluding hydrogens is 432 g/mol. The molecule has 3 N–H and O–H groups in total. The van der Waals surface area contributed by atoms with E-state index in [1.165, 1.54) is 12.8 Å². The largest absolute Gasteiger partial charge is 0.346 e. The molecule has 8 heteroatoms. The summed E-state index contributed by atoms with van der Waals surface area (Å²) in [5, 5.41) is 14.5. The molecule has 0 bridgehead atoms. The molecule has 2 fully saturated rings. The third kappa shape index (κ3) is 4.39. The topological polar surface area (TPSA) is 83.9 Å². The normalized spacial score (nSPS) is 25.0. The quantitative estimate of drug-likeness (QED) is 0.651. The zero-order valence-electron chi connectivity index (χ0n) is 17.0. The summed E-state index contributed by atoms with van der Waals surface area (Å²) in [6, 6.07) is 3.92. The van der Waals surface area contributed by atoms with Gasteiger partial charge in [0.15, 0.2) is 0 Å². The van der Waals surface area contributed by atoms with Gasteiger partial charge >= 0.3 is 0 Å². The first kappa shape index (κ1) is 20.5. The van der Waals surface area contributed by atoms with Crippen molar-refractivity contribution in [2.24, 2.45) is 18.9 Å². The van der Waals surface area contributed by atoms with E-state index in [0.717, 1.165) is 54.0 Å². The van der Waals surface area contributed by atoms with Gasteiger partial charge in [0.2, 0.25) is 0 Å². The van der Waals surface area contributed by atoms with Crippen LogP contribution in [-0.2, 0) is 7.05 Å². The van der Waals surface area contributed by atoms with Crippen LogP contribution in [0.3, 0.4) is 0 Å². The zero-order chi connectivity index (χ0) is 20.4. The molecule has 0 aromatic carbocycles. The summed E-state index contributed by atoms with van der Waals surface area (Å²) in [6.07, 6.45) is 5.35. The fraction of sp³-hybridized carbons (Fsp3) is 0.571. The van der Waals surface area contributed by atoms with Gasteiger partial charge in [-0.1, -0.05) is 0 Å². The van der Waals surface area contributed by atoms with E-state index in [0.29, 0.717) is 17.5 Å². The molecule has 2 unspecified atom stereocenters. The minimum Gasteiger partial charge on any atom is -0.346 e. The number of carbonyl (C=O) groups excluding carboxylic acids is 1. The predicted octanol–water partition coefficient (Wildman–Crippen LogP) is 2.26. The van der Waals surface area contributed by atoms with Crippen LogP contribution in [0.4, 0.5) is 0 Å². The molecule has 2 saturated heterocycles. The van der Waals surface area contributed by atoms with Gasteiger partial charge in [-0.3, -0.25) is 9.48 Å². The highest BCUT2D eigenvalue weighted by Crippen LogP contribution is 2.30. The van der Waals surface area contributed by atoms with Crippen LogP contribution in [0.5, 0.6) is 0 Å². The highest BCUT2D eigenvalue weighted by molar-refractivity contribution is 9.10.